The Balaban J connectivity index is 0. The molecule has 0 aromatic heterocycles. The van der Waals surface area contributed by atoms with E-state index in [4.69, 9.17) is 10.5 Å². The minimum atomic E-state index is -0.769. The van der Waals surface area contributed by atoms with E-state index >= 15 is 0 Å². The standard InChI is InChI=1S/C5H11NO2.ClH/c1-3-8-5(6)4(2)7;/h4,6-7H,3H2,1-2H3;1H. The van der Waals surface area contributed by atoms with Crippen LogP contribution in [0.4, 0.5) is 0 Å². The summed E-state index contributed by atoms with van der Waals surface area (Å²) in [7, 11) is 0. The van der Waals surface area contributed by atoms with Gasteiger partial charge in [0.15, 0.2) is 0 Å². The molecule has 4 heteroatoms. The van der Waals surface area contributed by atoms with Crippen LogP contribution in [0.25, 0.3) is 0 Å². The summed E-state index contributed by atoms with van der Waals surface area (Å²) in [6.45, 7) is 3.72. The highest BCUT2D eigenvalue weighted by Gasteiger charge is 2.01. The second kappa shape index (κ2) is 5.85. The van der Waals surface area contributed by atoms with Crippen molar-refractivity contribution in [2.45, 2.75) is 20.0 Å². The maximum atomic E-state index is 8.60. The lowest BCUT2D eigenvalue weighted by atomic mass is 10.4. The Labute approximate surface area is 60.9 Å². The number of aliphatic hydroxyl groups excluding tert-OH is 1. The maximum absolute atomic E-state index is 8.60. The van der Waals surface area contributed by atoms with Crippen molar-refractivity contribution in [1.82, 2.24) is 0 Å². The lowest BCUT2D eigenvalue weighted by molar-refractivity contribution is 0.202. The molecule has 56 valence electrons. The fraction of sp³-hybridized carbons (Fsp3) is 0.800. The molecule has 0 heterocycles. The van der Waals surface area contributed by atoms with Crippen molar-refractivity contribution < 1.29 is 9.84 Å². The number of hydrogen-bond acceptors (Lipinski definition) is 3. The Hall–Kier alpha value is -0.280. The van der Waals surface area contributed by atoms with Crippen LogP contribution in [0.5, 0.6) is 0 Å². The topological polar surface area (TPSA) is 53.3 Å². The van der Waals surface area contributed by atoms with Gasteiger partial charge in [-0.3, -0.25) is 5.41 Å². The molecule has 0 aliphatic heterocycles. The average molecular weight is 154 g/mol. The van der Waals surface area contributed by atoms with Crippen LogP contribution >= 0.6 is 12.4 Å². The molecule has 3 nitrogen and oxygen atoms in total. The molecule has 1 atom stereocenters. The molecule has 0 radical (unpaired) electrons. The maximum Gasteiger partial charge on any atom is 0.209 e. The van der Waals surface area contributed by atoms with Gasteiger partial charge in [0.25, 0.3) is 0 Å². The van der Waals surface area contributed by atoms with E-state index in [0.717, 1.165) is 0 Å². The third kappa shape index (κ3) is 5.59. The second-order valence-electron chi connectivity index (χ2n) is 1.47. The quantitative estimate of drug-likeness (QED) is 0.456. The Kier molecular flexibility index (Phi) is 7.48. The van der Waals surface area contributed by atoms with Crippen LogP contribution in [0.2, 0.25) is 0 Å². The van der Waals surface area contributed by atoms with Gasteiger partial charge in [-0.25, -0.2) is 0 Å². The first-order valence-electron chi connectivity index (χ1n) is 2.57. The highest BCUT2D eigenvalue weighted by molar-refractivity contribution is 5.85. The molecule has 1 unspecified atom stereocenters. The van der Waals surface area contributed by atoms with Gasteiger partial charge in [-0.2, -0.15) is 0 Å². The molecular formula is C5H12ClNO2. The predicted molar refractivity (Wildman–Crippen MR) is 38.3 cm³/mol. The SMILES string of the molecule is CCOC(=N)C(C)O.Cl. The van der Waals surface area contributed by atoms with Crippen molar-refractivity contribution in [3.63, 3.8) is 0 Å². The molecular weight excluding hydrogens is 142 g/mol. The van der Waals surface area contributed by atoms with Crippen molar-refractivity contribution in [3.8, 4) is 0 Å². The zero-order valence-corrected chi connectivity index (χ0v) is 6.36. The largest absolute Gasteiger partial charge is 0.480 e. The molecule has 0 amide bonds. The van der Waals surface area contributed by atoms with E-state index < -0.39 is 6.10 Å². The Morgan fingerprint density at radius 3 is 2.33 bits per heavy atom. The van der Waals surface area contributed by atoms with Crippen LogP contribution < -0.4 is 0 Å². The van der Waals surface area contributed by atoms with Crippen molar-refractivity contribution in [2.24, 2.45) is 0 Å². The summed E-state index contributed by atoms with van der Waals surface area (Å²) in [4.78, 5) is 0. The van der Waals surface area contributed by atoms with E-state index in [9.17, 15) is 0 Å². The third-order valence-electron chi connectivity index (χ3n) is 0.679. The zero-order valence-electron chi connectivity index (χ0n) is 5.55. The summed E-state index contributed by atoms with van der Waals surface area (Å²) < 4.78 is 4.64. The first-order valence-corrected chi connectivity index (χ1v) is 2.57. The lowest BCUT2D eigenvalue weighted by Gasteiger charge is -2.05. The van der Waals surface area contributed by atoms with Crippen LogP contribution in [0.3, 0.4) is 0 Å². The summed E-state index contributed by atoms with van der Waals surface area (Å²) in [5.41, 5.74) is 0. The fourth-order valence-electron chi connectivity index (χ4n) is 0.276. The molecule has 0 aliphatic rings. The summed E-state index contributed by atoms with van der Waals surface area (Å²) in [5.74, 6) is -0.0625. The molecule has 0 bridgehead atoms. The van der Waals surface area contributed by atoms with Crippen molar-refractivity contribution in [1.29, 1.82) is 5.41 Å². The molecule has 0 aromatic carbocycles. The van der Waals surface area contributed by atoms with Crippen LogP contribution in [-0.4, -0.2) is 23.7 Å². The van der Waals surface area contributed by atoms with Gasteiger partial charge in [-0.05, 0) is 13.8 Å². The first kappa shape index (κ1) is 11.5. The number of hydrogen-bond donors (Lipinski definition) is 2. The highest BCUT2D eigenvalue weighted by atomic mass is 35.5. The molecule has 2 N–H and O–H groups in total. The highest BCUT2D eigenvalue weighted by Crippen LogP contribution is 1.84. The molecule has 0 saturated carbocycles. The summed E-state index contributed by atoms with van der Waals surface area (Å²) in [6.07, 6.45) is -0.769. The van der Waals surface area contributed by atoms with Gasteiger partial charge in [-0.1, -0.05) is 0 Å². The van der Waals surface area contributed by atoms with Gasteiger partial charge >= 0.3 is 0 Å². The molecule has 0 aliphatic carbocycles. The van der Waals surface area contributed by atoms with E-state index in [0.29, 0.717) is 6.61 Å². The Morgan fingerprint density at radius 1 is 1.78 bits per heavy atom. The van der Waals surface area contributed by atoms with Gasteiger partial charge in [0, 0.05) is 0 Å². The third-order valence-corrected chi connectivity index (χ3v) is 0.679. The smallest absolute Gasteiger partial charge is 0.209 e. The second-order valence-corrected chi connectivity index (χ2v) is 1.47. The van der Waals surface area contributed by atoms with Gasteiger partial charge in [0.1, 0.15) is 6.10 Å². The molecule has 0 rings (SSSR count). The lowest BCUT2D eigenvalue weighted by Crippen LogP contribution is -2.17. The predicted octanol–water partition coefficient (Wildman–Crippen LogP) is 0.803. The van der Waals surface area contributed by atoms with Crippen molar-refractivity contribution in [2.75, 3.05) is 6.61 Å². The minimum absolute atomic E-state index is 0. The molecule has 0 saturated heterocycles. The monoisotopic (exact) mass is 153 g/mol. The number of rotatable bonds is 2. The first-order chi connectivity index (χ1) is 3.68. The minimum Gasteiger partial charge on any atom is -0.480 e. The normalized spacial score (nSPS) is 11.4. The number of nitrogens with one attached hydrogen (secondary N) is 1. The van der Waals surface area contributed by atoms with Gasteiger partial charge in [-0.15, -0.1) is 12.4 Å². The van der Waals surface area contributed by atoms with Gasteiger partial charge < -0.3 is 9.84 Å². The van der Waals surface area contributed by atoms with E-state index in [1.165, 1.54) is 6.92 Å². The van der Waals surface area contributed by atoms with E-state index in [-0.39, 0.29) is 18.3 Å². The summed E-state index contributed by atoms with van der Waals surface area (Å²) in [6, 6.07) is 0. The van der Waals surface area contributed by atoms with Crippen LogP contribution in [0.1, 0.15) is 13.8 Å². The van der Waals surface area contributed by atoms with Crippen LogP contribution in [0.15, 0.2) is 0 Å². The van der Waals surface area contributed by atoms with Crippen LogP contribution in [0, 0.1) is 5.41 Å². The zero-order chi connectivity index (χ0) is 6.57. The molecule has 9 heavy (non-hydrogen) atoms. The molecule has 0 fully saturated rings. The molecule has 0 spiro atoms. The van der Waals surface area contributed by atoms with E-state index in [1.54, 1.807) is 6.92 Å². The Morgan fingerprint density at radius 2 is 2.22 bits per heavy atom. The van der Waals surface area contributed by atoms with Crippen molar-refractivity contribution in [3.05, 3.63) is 0 Å². The number of aliphatic hydroxyl groups is 1. The number of halogens is 1. The van der Waals surface area contributed by atoms with Gasteiger partial charge in [0.05, 0.1) is 6.61 Å². The van der Waals surface area contributed by atoms with Crippen molar-refractivity contribution >= 4 is 18.3 Å². The van der Waals surface area contributed by atoms with Gasteiger partial charge in [0.2, 0.25) is 5.90 Å². The Bertz CT molecular complexity index is 85.0. The summed E-state index contributed by atoms with van der Waals surface area (Å²) in [5, 5.41) is 15.5. The average Bonchev–Trinajstić information content (AvgIpc) is 1.67. The van der Waals surface area contributed by atoms with E-state index in [2.05, 4.69) is 4.74 Å². The van der Waals surface area contributed by atoms with E-state index in [1.807, 2.05) is 0 Å². The van der Waals surface area contributed by atoms with Crippen LogP contribution in [-0.2, 0) is 4.74 Å². The fourth-order valence-corrected chi connectivity index (χ4v) is 0.276. The summed E-state index contributed by atoms with van der Waals surface area (Å²) >= 11 is 0. The molecule has 0 aromatic rings. The number of ether oxygens (including phenoxy) is 1.